The molecule has 0 fully saturated rings. The van der Waals surface area contributed by atoms with E-state index in [1.807, 2.05) is 17.0 Å². The first-order valence-electron chi connectivity index (χ1n) is 7.73. The summed E-state index contributed by atoms with van der Waals surface area (Å²) < 4.78 is 0. The molecule has 0 atom stereocenters. The standard InChI is InChI=1S/C19H21NOS/c1-14-9-10-17-16(12-14)7-5-11-20(17)19(21)13-22-18-8-4-3-6-15(18)2/h3-4,6,8-10,12H,5,7,11,13H2,1-2H3. The minimum absolute atomic E-state index is 0.207. The van der Waals surface area contributed by atoms with Crippen molar-refractivity contribution in [3.63, 3.8) is 0 Å². The molecule has 3 rings (SSSR count). The second-order valence-corrected chi connectivity index (χ2v) is 6.85. The Morgan fingerprint density at radius 3 is 2.82 bits per heavy atom. The van der Waals surface area contributed by atoms with Crippen LogP contribution >= 0.6 is 11.8 Å². The van der Waals surface area contributed by atoms with Crippen LogP contribution in [0.1, 0.15) is 23.1 Å². The summed E-state index contributed by atoms with van der Waals surface area (Å²) in [5, 5.41) is 0. The van der Waals surface area contributed by atoms with E-state index in [0.717, 1.165) is 25.1 Å². The quantitative estimate of drug-likeness (QED) is 0.784. The van der Waals surface area contributed by atoms with E-state index >= 15 is 0 Å². The molecule has 22 heavy (non-hydrogen) atoms. The maximum absolute atomic E-state index is 12.6. The number of benzene rings is 2. The maximum Gasteiger partial charge on any atom is 0.237 e. The lowest BCUT2D eigenvalue weighted by Gasteiger charge is -2.29. The SMILES string of the molecule is Cc1ccc2c(c1)CCCN2C(=O)CSc1ccccc1C. The number of aryl methyl sites for hydroxylation is 3. The lowest BCUT2D eigenvalue weighted by atomic mass is 9.99. The second-order valence-electron chi connectivity index (χ2n) is 5.84. The zero-order valence-corrected chi connectivity index (χ0v) is 14.0. The van der Waals surface area contributed by atoms with Crippen molar-refractivity contribution in [1.82, 2.24) is 0 Å². The van der Waals surface area contributed by atoms with E-state index in [2.05, 4.69) is 44.2 Å². The van der Waals surface area contributed by atoms with Crippen molar-refractivity contribution in [2.75, 3.05) is 17.2 Å². The summed E-state index contributed by atoms with van der Waals surface area (Å²) in [6.07, 6.45) is 2.13. The van der Waals surface area contributed by atoms with Crippen LogP contribution in [0.15, 0.2) is 47.4 Å². The summed E-state index contributed by atoms with van der Waals surface area (Å²) in [6.45, 7) is 5.03. The molecule has 114 valence electrons. The van der Waals surface area contributed by atoms with Gasteiger partial charge in [-0.25, -0.2) is 0 Å². The molecule has 0 spiro atoms. The highest BCUT2D eigenvalue weighted by atomic mass is 32.2. The van der Waals surface area contributed by atoms with Crippen LogP contribution in [0.3, 0.4) is 0 Å². The van der Waals surface area contributed by atoms with Crippen molar-refractivity contribution < 1.29 is 4.79 Å². The van der Waals surface area contributed by atoms with Crippen LogP contribution in [0.25, 0.3) is 0 Å². The van der Waals surface area contributed by atoms with Gasteiger partial charge >= 0.3 is 0 Å². The average molecular weight is 311 g/mol. The Kier molecular flexibility index (Phi) is 4.53. The van der Waals surface area contributed by atoms with Crippen LogP contribution in [0, 0.1) is 13.8 Å². The van der Waals surface area contributed by atoms with Crippen molar-refractivity contribution >= 4 is 23.4 Å². The first kappa shape index (κ1) is 15.2. The molecule has 0 aliphatic carbocycles. The Morgan fingerprint density at radius 2 is 2.00 bits per heavy atom. The number of fused-ring (bicyclic) bond motifs is 1. The Hall–Kier alpha value is -1.74. The molecular formula is C19H21NOS. The molecule has 2 aromatic rings. The minimum atomic E-state index is 0.207. The van der Waals surface area contributed by atoms with E-state index in [1.165, 1.54) is 21.6 Å². The summed E-state index contributed by atoms with van der Waals surface area (Å²) in [5.74, 6) is 0.705. The number of rotatable bonds is 3. The third-order valence-electron chi connectivity index (χ3n) is 4.10. The molecule has 1 aliphatic rings. The number of thioether (sulfide) groups is 1. The third-order valence-corrected chi connectivity index (χ3v) is 5.26. The molecule has 1 heterocycles. The van der Waals surface area contributed by atoms with Gasteiger partial charge in [-0.15, -0.1) is 11.8 Å². The van der Waals surface area contributed by atoms with Gasteiger partial charge in [0, 0.05) is 17.1 Å². The van der Waals surface area contributed by atoms with Gasteiger partial charge in [-0.3, -0.25) is 4.79 Å². The number of amides is 1. The molecule has 2 nitrogen and oxygen atoms in total. The molecule has 0 saturated carbocycles. The topological polar surface area (TPSA) is 20.3 Å². The fourth-order valence-electron chi connectivity index (χ4n) is 2.92. The van der Waals surface area contributed by atoms with E-state index in [4.69, 9.17) is 0 Å². The molecule has 1 aliphatic heterocycles. The van der Waals surface area contributed by atoms with E-state index in [-0.39, 0.29) is 5.91 Å². The Labute approximate surface area is 136 Å². The largest absolute Gasteiger partial charge is 0.311 e. The summed E-state index contributed by atoms with van der Waals surface area (Å²) in [5.41, 5.74) is 4.91. The number of hydrogen-bond donors (Lipinski definition) is 0. The van der Waals surface area contributed by atoms with Gasteiger partial charge in [-0.05, 0) is 49.9 Å². The Bertz CT molecular complexity index is 696. The van der Waals surface area contributed by atoms with E-state index in [0.29, 0.717) is 5.75 Å². The molecule has 0 bridgehead atoms. The fourth-order valence-corrected chi connectivity index (χ4v) is 3.83. The maximum atomic E-state index is 12.6. The fraction of sp³-hybridized carbons (Fsp3) is 0.316. The summed E-state index contributed by atoms with van der Waals surface area (Å²) in [6, 6.07) is 14.6. The zero-order valence-electron chi connectivity index (χ0n) is 13.1. The lowest BCUT2D eigenvalue weighted by Crippen LogP contribution is -2.36. The van der Waals surface area contributed by atoms with Crippen LogP contribution in [0.5, 0.6) is 0 Å². The molecule has 0 unspecified atom stereocenters. The number of anilines is 1. The van der Waals surface area contributed by atoms with Gasteiger partial charge in [0.05, 0.1) is 5.75 Å². The molecular weight excluding hydrogens is 290 g/mol. The number of carbonyl (C=O) groups excluding carboxylic acids is 1. The van der Waals surface area contributed by atoms with Crippen molar-refractivity contribution in [2.45, 2.75) is 31.6 Å². The van der Waals surface area contributed by atoms with Gasteiger partial charge < -0.3 is 4.90 Å². The van der Waals surface area contributed by atoms with E-state index < -0.39 is 0 Å². The van der Waals surface area contributed by atoms with Crippen LogP contribution in [-0.4, -0.2) is 18.2 Å². The van der Waals surface area contributed by atoms with Crippen LogP contribution in [-0.2, 0) is 11.2 Å². The molecule has 0 saturated heterocycles. The Balaban J connectivity index is 1.73. The third kappa shape index (κ3) is 3.20. The molecule has 0 aromatic heterocycles. The molecule has 0 N–H and O–H groups in total. The predicted molar refractivity (Wildman–Crippen MR) is 93.8 cm³/mol. The summed E-state index contributed by atoms with van der Waals surface area (Å²) in [4.78, 5) is 15.8. The summed E-state index contributed by atoms with van der Waals surface area (Å²) >= 11 is 1.64. The van der Waals surface area contributed by atoms with Crippen LogP contribution < -0.4 is 4.90 Å². The van der Waals surface area contributed by atoms with Gasteiger partial charge in [0.25, 0.3) is 0 Å². The van der Waals surface area contributed by atoms with Crippen LogP contribution in [0.4, 0.5) is 5.69 Å². The van der Waals surface area contributed by atoms with Crippen molar-refractivity contribution in [3.8, 4) is 0 Å². The zero-order chi connectivity index (χ0) is 15.5. The van der Waals surface area contributed by atoms with Crippen LogP contribution in [0.2, 0.25) is 0 Å². The average Bonchev–Trinajstić information content (AvgIpc) is 2.53. The first-order chi connectivity index (χ1) is 10.6. The smallest absolute Gasteiger partial charge is 0.237 e. The lowest BCUT2D eigenvalue weighted by molar-refractivity contribution is -0.116. The molecule has 0 radical (unpaired) electrons. The number of nitrogens with zero attached hydrogens (tertiary/aromatic N) is 1. The van der Waals surface area contributed by atoms with Crippen molar-refractivity contribution in [1.29, 1.82) is 0 Å². The number of hydrogen-bond acceptors (Lipinski definition) is 2. The second kappa shape index (κ2) is 6.57. The highest BCUT2D eigenvalue weighted by Gasteiger charge is 2.22. The van der Waals surface area contributed by atoms with Crippen molar-refractivity contribution in [3.05, 3.63) is 59.2 Å². The van der Waals surface area contributed by atoms with Gasteiger partial charge in [-0.1, -0.05) is 35.9 Å². The van der Waals surface area contributed by atoms with Gasteiger partial charge in [0.15, 0.2) is 0 Å². The predicted octanol–water partition coefficient (Wildman–Crippen LogP) is 4.37. The van der Waals surface area contributed by atoms with Gasteiger partial charge in [0.2, 0.25) is 5.91 Å². The van der Waals surface area contributed by atoms with Crippen molar-refractivity contribution in [2.24, 2.45) is 0 Å². The Morgan fingerprint density at radius 1 is 1.18 bits per heavy atom. The summed E-state index contributed by atoms with van der Waals surface area (Å²) in [7, 11) is 0. The van der Waals surface area contributed by atoms with E-state index in [9.17, 15) is 4.79 Å². The highest BCUT2D eigenvalue weighted by molar-refractivity contribution is 8.00. The minimum Gasteiger partial charge on any atom is -0.311 e. The normalized spacial score (nSPS) is 13.8. The number of carbonyl (C=O) groups is 1. The van der Waals surface area contributed by atoms with Gasteiger partial charge in [0.1, 0.15) is 0 Å². The highest BCUT2D eigenvalue weighted by Crippen LogP contribution is 2.29. The van der Waals surface area contributed by atoms with Gasteiger partial charge in [-0.2, -0.15) is 0 Å². The molecule has 1 amide bonds. The molecule has 3 heteroatoms. The monoisotopic (exact) mass is 311 g/mol. The molecule has 2 aromatic carbocycles. The van der Waals surface area contributed by atoms with E-state index in [1.54, 1.807) is 11.8 Å². The first-order valence-corrected chi connectivity index (χ1v) is 8.72.